The zero-order valence-electron chi connectivity index (χ0n) is 66.6. The summed E-state index contributed by atoms with van der Waals surface area (Å²) < 4.78 is 0. The first-order chi connectivity index (χ1) is 60.0. The van der Waals surface area contributed by atoms with Crippen molar-refractivity contribution in [3.05, 3.63) is 486 Å². The largest absolute Gasteiger partial charge is 3.00 e. The van der Waals surface area contributed by atoms with Gasteiger partial charge in [0.25, 0.3) is 0 Å². The van der Waals surface area contributed by atoms with Crippen LogP contribution in [-0.2, 0) is 20.1 Å². The number of hydrogen-bond donors (Lipinski definition) is 0. The fourth-order valence-electron chi connectivity index (χ4n) is 17.1. The molecule has 3 heterocycles. The van der Waals surface area contributed by atoms with Gasteiger partial charge < -0.3 is 19.9 Å². The average Bonchev–Trinajstić information content (AvgIpc) is 0.713. The number of aromatic nitrogens is 3. The molecule has 0 aliphatic heterocycles. The summed E-state index contributed by atoms with van der Waals surface area (Å²) in [5, 5.41) is 0. The van der Waals surface area contributed by atoms with Gasteiger partial charge in [-0.25, -0.2) is 0 Å². The van der Waals surface area contributed by atoms with Gasteiger partial charge >= 0.3 is 20.1 Å². The van der Waals surface area contributed by atoms with Crippen molar-refractivity contribution in [3.8, 4) is 190 Å². The molecule has 20 aromatic rings. The van der Waals surface area contributed by atoms with E-state index in [-0.39, 0.29) is 20.1 Å². The molecule has 0 bridgehead atoms. The molecule has 0 radical (unpaired) electrons. The Morgan fingerprint density at radius 3 is 0.697 bits per heavy atom. The van der Waals surface area contributed by atoms with E-state index in [1.165, 1.54) is 11.1 Å². The van der Waals surface area contributed by atoms with E-state index in [1.54, 1.807) is 0 Å². The van der Waals surface area contributed by atoms with Gasteiger partial charge in [-0.2, -0.15) is 0 Å². The molecule has 0 atom stereocenters. The third-order valence-electron chi connectivity index (χ3n) is 22.8. The van der Waals surface area contributed by atoms with Gasteiger partial charge in [-0.05, 0) is 222 Å². The first-order valence-corrected chi connectivity index (χ1v) is 41.0. The number of anilines is 3. The van der Waals surface area contributed by atoms with Crippen molar-refractivity contribution in [1.82, 2.24) is 15.0 Å². The maximum atomic E-state index is 5.48. The van der Waals surface area contributed by atoms with Crippen molar-refractivity contribution < 1.29 is 20.1 Å². The minimum Gasteiger partial charge on any atom is -0.311 e. The molecule has 574 valence electrons. The molecule has 0 saturated carbocycles. The summed E-state index contributed by atoms with van der Waals surface area (Å²) in [6.45, 7) is 0. The molecule has 0 spiro atoms. The monoisotopic (exact) mass is 1730 g/mol. The van der Waals surface area contributed by atoms with Crippen molar-refractivity contribution in [2.75, 3.05) is 4.90 Å². The standard InChI is InChI=1S/C117H77N4.Ir/c1-9-32-81(33-10-1)83-56-65-100(66-57-83)121(101-67-58-84(59-68-101)82-34-11-2-12-35-82)102-69-60-91(61-70-102)116-114(89-44-21-7-22-45-89)112(87-40-17-5-18-41-87)113(88-42-19-6-20-43-88)115(90-46-23-8-24-47-90)117(116)93-49-31-48-92(74-93)111-73-64-96(80-120-111)105-52-27-30-55-108(105)99-76-97(106-53-28-25-50-103(106)94-62-71-109(118-78-94)85-36-13-3-14-37-85)75-98(77-99)107-54-29-26-51-104(107)95-63-72-110(119-79-95)86-38-15-4-16-39-86;/h1-36,38,40-47,49-80H;/q-3;+3. The predicted octanol–water partition coefficient (Wildman–Crippen LogP) is 31.1. The summed E-state index contributed by atoms with van der Waals surface area (Å²) in [7, 11) is 0. The predicted molar refractivity (Wildman–Crippen MR) is 503 cm³/mol. The Bertz CT molecular complexity index is 6770. The SMILES string of the molecule is [Ir+3].[c-]1ccccc1-c1ccc(-c2ccccc2-c2cc(-c3ccccc3-c3ccc(-c4[c-]cccc4)nc3)cc(-c3ccccc3-c3ccc(-c4[c-]ccc(-c5c(-c6ccccc6)c(-c6ccccc6)c(-c6ccccc6)c(-c6ccccc6)c5-c5ccc(N(c6ccc(-c7ccccc7)cc6)c6ccc(-c7ccccc7)cc6)cc5)c4)nc3)c2)cn1. The van der Waals surface area contributed by atoms with E-state index in [9.17, 15) is 0 Å². The van der Waals surface area contributed by atoms with Crippen LogP contribution in [0.2, 0.25) is 0 Å². The van der Waals surface area contributed by atoms with Gasteiger partial charge in [0.15, 0.2) is 0 Å². The van der Waals surface area contributed by atoms with Crippen molar-refractivity contribution in [2.24, 2.45) is 0 Å². The Morgan fingerprint density at radius 1 is 0.164 bits per heavy atom. The minimum atomic E-state index is 0. The molecule has 0 N–H and O–H groups in total. The van der Waals surface area contributed by atoms with E-state index in [0.717, 1.165) is 195 Å². The maximum absolute atomic E-state index is 5.48. The maximum Gasteiger partial charge on any atom is 3.00 e. The normalized spacial score (nSPS) is 11.0. The Morgan fingerprint density at radius 2 is 0.402 bits per heavy atom. The molecular formula is C117H77IrN4. The van der Waals surface area contributed by atoms with E-state index in [4.69, 9.17) is 15.0 Å². The third kappa shape index (κ3) is 15.7. The Balaban J connectivity index is 0.00000980. The molecule has 0 saturated heterocycles. The Hall–Kier alpha value is -15.4. The second kappa shape index (κ2) is 35.1. The van der Waals surface area contributed by atoms with Crippen LogP contribution >= 0.6 is 0 Å². The van der Waals surface area contributed by atoms with Crippen molar-refractivity contribution in [1.29, 1.82) is 0 Å². The molecule has 20 rings (SSSR count). The molecule has 122 heavy (non-hydrogen) atoms. The van der Waals surface area contributed by atoms with E-state index in [0.29, 0.717) is 0 Å². The van der Waals surface area contributed by atoms with Crippen molar-refractivity contribution in [3.63, 3.8) is 0 Å². The van der Waals surface area contributed by atoms with E-state index in [1.807, 2.05) is 67.1 Å². The van der Waals surface area contributed by atoms with Crippen LogP contribution in [0.25, 0.3) is 190 Å². The number of benzene rings is 17. The van der Waals surface area contributed by atoms with Crippen LogP contribution in [0.1, 0.15) is 0 Å². The molecule has 0 aliphatic carbocycles. The molecule has 5 heteroatoms. The second-order valence-electron chi connectivity index (χ2n) is 30.2. The molecule has 17 aromatic carbocycles. The van der Waals surface area contributed by atoms with Gasteiger partial charge in [0, 0.05) is 35.7 Å². The number of pyridine rings is 3. The van der Waals surface area contributed by atoms with Crippen LogP contribution in [0.15, 0.2) is 468 Å². The van der Waals surface area contributed by atoms with E-state index >= 15 is 0 Å². The van der Waals surface area contributed by atoms with E-state index < -0.39 is 0 Å². The van der Waals surface area contributed by atoms with Crippen LogP contribution in [0.4, 0.5) is 17.1 Å². The van der Waals surface area contributed by atoms with Gasteiger partial charge in [0.1, 0.15) is 0 Å². The summed E-state index contributed by atoms with van der Waals surface area (Å²) in [5.41, 5.74) is 38.9. The van der Waals surface area contributed by atoms with Crippen LogP contribution in [0.5, 0.6) is 0 Å². The number of rotatable bonds is 20. The third-order valence-corrected chi connectivity index (χ3v) is 22.8. The summed E-state index contributed by atoms with van der Waals surface area (Å²) in [4.78, 5) is 17.9. The molecule has 4 nitrogen and oxygen atoms in total. The molecule has 0 unspecified atom stereocenters. The zero-order valence-corrected chi connectivity index (χ0v) is 69.0. The summed E-state index contributed by atoms with van der Waals surface area (Å²) >= 11 is 0. The molecule has 0 fully saturated rings. The van der Waals surface area contributed by atoms with Crippen LogP contribution in [0.3, 0.4) is 0 Å². The smallest absolute Gasteiger partial charge is 0.311 e. The Labute approximate surface area is 726 Å². The number of nitrogens with zero attached hydrogens (tertiary/aromatic N) is 4. The summed E-state index contributed by atoms with van der Waals surface area (Å²) in [6, 6.07) is 171. The van der Waals surface area contributed by atoms with E-state index in [2.05, 4.69) is 423 Å². The van der Waals surface area contributed by atoms with Gasteiger partial charge in [0.2, 0.25) is 0 Å². The molecule has 0 amide bonds. The Kier molecular flexibility index (Phi) is 22.0. The first-order valence-electron chi connectivity index (χ1n) is 41.0. The number of hydrogen-bond acceptors (Lipinski definition) is 4. The van der Waals surface area contributed by atoms with Gasteiger partial charge in [0.05, 0.1) is 0 Å². The fraction of sp³-hybridized carbons (Fsp3) is 0. The van der Waals surface area contributed by atoms with Crippen LogP contribution in [0, 0.1) is 18.2 Å². The first kappa shape index (κ1) is 76.6. The topological polar surface area (TPSA) is 41.9 Å². The summed E-state index contributed by atoms with van der Waals surface area (Å²) in [6.07, 6.45) is 6.01. The van der Waals surface area contributed by atoms with Crippen LogP contribution in [-0.4, -0.2) is 15.0 Å². The van der Waals surface area contributed by atoms with Gasteiger partial charge in [-0.1, -0.05) is 333 Å². The van der Waals surface area contributed by atoms with Crippen molar-refractivity contribution >= 4 is 17.1 Å². The van der Waals surface area contributed by atoms with Gasteiger partial charge in [-0.15, -0.1) is 102 Å². The molecular weight excluding hydrogens is 1650 g/mol. The quantitative estimate of drug-likeness (QED) is 0.0713. The molecule has 3 aromatic heterocycles. The van der Waals surface area contributed by atoms with Crippen molar-refractivity contribution in [2.45, 2.75) is 0 Å². The molecule has 0 aliphatic rings. The fourth-order valence-corrected chi connectivity index (χ4v) is 17.1. The van der Waals surface area contributed by atoms with Gasteiger partial charge in [-0.3, -0.25) is 0 Å². The average molecular weight is 1730 g/mol. The zero-order chi connectivity index (χ0) is 80.6. The summed E-state index contributed by atoms with van der Waals surface area (Å²) in [5.74, 6) is 0. The second-order valence-corrected chi connectivity index (χ2v) is 30.2. The minimum absolute atomic E-state index is 0. The van der Waals surface area contributed by atoms with Crippen LogP contribution < -0.4 is 4.90 Å².